The van der Waals surface area contributed by atoms with Gasteiger partial charge in [0.25, 0.3) is 0 Å². The van der Waals surface area contributed by atoms with Crippen LogP contribution in [-0.4, -0.2) is 42.9 Å². The fraction of sp³-hybridized carbons (Fsp3) is 0.600. The molecule has 4 heteroatoms. The van der Waals surface area contributed by atoms with Crippen LogP contribution in [0.1, 0.15) is 24.8 Å². The monoisotopic (exact) mass is 327 g/mol. The lowest BCUT2D eigenvalue weighted by Gasteiger charge is -2.27. The zero-order chi connectivity index (χ0) is 13.9. The molecule has 0 aliphatic carbocycles. The molecule has 1 N–H and O–H groups in total. The van der Waals surface area contributed by atoms with Gasteiger partial charge in [0.2, 0.25) is 0 Å². The molecule has 1 aromatic carbocycles. The predicted molar refractivity (Wildman–Crippen MR) is 80.7 cm³/mol. The van der Waals surface area contributed by atoms with Crippen LogP contribution >= 0.6 is 15.9 Å². The molecule has 1 aliphatic rings. The lowest BCUT2D eigenvalue weighted by atomic mass is 9.88. The van der Waals surface area contributed by atoms with Gasteiger partial charge in [-0.2, -0.15) is 0 Å². The molecule has 0 saturated carbocycles. The van der Waals surface area contributed by atoms with E-state index in [2.05, 4.69) is 27.9 Å². The van der Waals surface area contributed by atoms with Crippen molar-refractivity contribution >= 4 is 15.9 Å². The summed E-state index contributed by atoms with van der Waals surface area (Å²) >= 11 is 3.56. The molecule has 0 bridgehead atoms. The number of aliphatic hydroxyl groups is 1. The Labute approximate surface area is 123 Å². The van der Waals surface area contributed by atoms with Gasteiger partial charge in [-0.25, -0.2) is 0 Å². The summed E-state index contributed by atoms with van der Waals surface area (Å²) in [6.07, 6.45) is 3.42. The second kappa shape index (κ2) is 6.25. The number of ether oxygens (including phenoxy) is 1. The van der Waals surface area contributed by atoms with Crippen LogP contribution in [0, 0.1) is 0 Å². The summed E-state index contributed by atoms with van der Waals surface area (Å²) in [6.45, 7) is 2.03. The molecule has 2 rings (SSSR count). The van der Waals surface area contributed by atoms with Crippen LogP contribution in [-0.2, 0) is 6.42 Å². The number of hydrogen-bond acceptors (Lipinski definition) is 3. The molecule has 19 heavy (non-hydrogen) atoms. The van der Waals surface area contributed by atoms with Crippen LogP contribution < -0.4 is 4.74 Å². The van der Waals surface area contributed by atoms with E-state index in [0.29, 0.717) is 6.42 Å². The average Bonchev–Trinajstić information content (AvgIpc) is 2.55. The highest BCUT2D eigenvalue weighted by Gasteiger charge is 2.30. The van der Waals surface area contributed by atoms with E-state index in [1.807, 2.05) is 18.2 Å². The maximum Gasteiger partial charge on any atom is 0.119 e. The summed E-state index contributed by atoms with van der Waals surface area (Å²) < 4.78 is 6.30. The molecular formula is C15H22BrNO2. The Kier molecular flexibility index (Phi) is 4.87. The first-order chi connectivity index (χ1) is 9.02. The molecule has 0 radical (unpaired) electrons. The van der Waals surface area contributed by atoms with E-state index in [0.717, 1.165) is 48.1 Å². The van der Waals surface area contributed by atoms with Crippen molar-refractivity contribution in [3.8, 4) is 5.75 Å². The highest BCUT2D eigenvalue weighted by atomic mass is 79.9. The van der Waals surface area contributed by atoms with Crippen molar-refractivity contribution in [2.45, 2.75) is 31.3 Å². The summed E-state index contributed by atoms with van der Waals surface area (Å²) in [7, 11) is 3.79. The van der Waals surface area contributed by atoms with Crippen molar-refractivity contribution in [3.63, 3.8) is 0 Å². The van der Waals surface area contributed by atoms with Crippen molar-refractivity contribution in [2.24, 2.45) is 0 Å². The van der Waals surface area contributed by atoms with Crippen LogP contribution in [0.4, 0.5) is 0 Å². The highest BCUT2D eigenvalue weighted by Crippen LogP contribution is 2.31. The number of nitrogens with zero attached hydrogens (tertiary/aromatic N) is 1. The minimum atomic E-state index is -0.598. The van der Waals surface area contributed by atoms with E-state index in [9.17, 15) is 5.11 Å². The number of halogens is 1. The Morgan fingerprint density at radius 1 is 1.37 bits per heavy atom. The van der Waals surface area contributed by atoms with Gasteiger partial charge in [0.1, 0.15) is 5.75 Å². The van der Waals surface area contributed by atoms with Crippen LogP contribution in [0.5, 0.6) is 5.75 Å². The Morgan fingerprint density at radius 2 is 2.16 bits per heavy atom. The zero-order valence-electron chi connectivity index (χ0n) is 11.7. The van der Waals surface area contributed by atoms with Crippen molar-refractivity contribution in [3.05, 3.63) is 28.2 Å². The molecule has 1 fully saturated rings. The van der Waals surface area contributed by atoms with Gasteiger partial charge in [0, 0.05) is 17.4 Å². The van der Waals surface area contributed by atoms with E-state index in [4.69, 9.17) is 4.74 Å². The summed E-state index contributed by atoms with van der Waals surface area (Å²) in [5.74, 6) is 0.840. The van der Waals surface area contributed by atoms with Gasteiger partial charge in [-0.1, -0.05) is 15.9 Å². The second-order valence-corrected chi connectivity index (χ2v) is 6.37. The lowest BCUT2D eigenvalue weighted by molar-refractivity contribution is 0.0261. The van der Waals surface area contributed by atoms with Crippen molar-refractivity contribution in [2.75, 3.05) is 27.2 Å². The van der Waals surface area contributed by atoms with E-state index in [-0.39, 0.29) is 0 Å². The number of likely N-dealkylation sites (tertiary alicyclic amines) is 1. The second-order valence-electron chi connectivity index (χ2n) is 5.52. The van der Waals surface area contributed by atoms with Crippen molar-refractivity contribution in [1.29, 1.82) is 0 Å². The molecular weight excluding hydrogens is 306 g/mol. The fourth-order valence-corrected chi connectivity index (χ4v) is 3.05. The molecule has 1 unspecified atom stereocenters. The van der Waals surface area contributed by atoms with Gasteiger partial charge in [0.05, 0.1) is 12.7 Å². The Bertz CT molecular complexity index is 438. The predicted octanol–water partition coefficient (Wildman–Crippen LogP) is 2.85. The summed E-state index contributed by atoms with van der Waals surface area (Å²) in [5, 5.41) is 10.8. The van der Waals surface area contributed by atoms with Crippen LogP contribution in [0.2, 0.25) is 0 Å². The van der Waals surface area contributed by atoms with Crippen LogP contribution in [0.3, 0.4) is 0 Å². The van der Waals surface area contributed by atoms with Gasteiger partial charge in [-0.05, 0) is 56.6 Å². The number of hydrogen-bond donors (Lipinski definition) is 1. The molecule has 1 aliphatic heterocycles. The Balaban J connectivity index is 2.14. The summed E-state index contributed by atoms with van der Waals surface area (Å²) in [5.41, 5.74) is 0.519. The summed E-state index contributed by atoms with van der Waals surface area (Å²) in [4.78, 5) is 2.29. The highest BCUT2D eigenvalue weighted by molar-refractivity contribution is 9.10. The molecule has 1 heterocycles. The minimum absolute atomic E-state index is 0.598. The van der Waals surface area contributed by atoms with E-state index < -0.39 is 5.60 Å². The number of rotatable bonds is 3. The van der Waals surface area contributed by atoms with Gasteiger partial charge in [-0.15, -0.1) is 0 Å². The van der Waals surface area contributed by atoms with Crippen LogP contribution in [0.15, 0.2) is 22.7 Å². The first kappa shape index (κ1) is 14.8. The van der Waals surface area contributed by atoms with Crippen LogP contribution in [0.25, 0.3) is 0 Å². The summed E-state index contributed by atoms with van der Waals surface area (Å²) in [6, 6.07) is 5.93. The normalized spacial score (nSPS) is 25.1. The van der Waals surface area contributed by atoms with Gasteiger partial charge >= 0.3 is 0 Å². The third kappa shape index (κ3) is 3.94. The molecule has 0 spiro atoms. The smallest absolute Gasteiger partial charge is 0.119 e. The SMILES string of the molecule is COc1ccc(Br)c(CC2(O)CCCN(C)CC2)c1. The van der Waals surface area contributed by atoms with E-state index in [1.165, 1.54) is 0 Å². The van der Waals surface area contributed by atoms with Gasteiger partial charge < -0.3 is 14.7 Å². The molecule has 0 amide bonds. The third-order valence-electron chi connectivity index (χ3n) is 3.91. The Hall–Kier alpha value is -0.580. The van der Waals surface area contributed by atoms with E-state index >= 15 is 0 Å². The number of benzene rings is 1. The molecule has 3 nitrogen and oxygen atoms in total. The molecule has 106 valence electrons. The quantitative estimate of drug-likeness (QED) is 0.926. The first-order valence-corrected chi connectivity index (χ1v) is 7.55. The minimum Gasteiger partial charge on any atom is -0.497 e. The Morgan fingerprint density at radius 3 is 2.89 bits per heavy atom. The third-order valence-corrected chi connectivity index (χ3v) is 4.69. The molecule has 0 aromatic heterocycles. The zero-order valence-corrected chi connectivity index (χ0v) is 13.2. The van der Waals surface area contributed by atoms with Gasteiger partial charge in [0.15, 0.2) is 0 Å². The maximum atomic E-state index is 10.8. The maximum absolute atomic E-state index is 10.8. The first-order valence-electron chi connectivity index (χ1n) is 6.76. The van der Waals surface area contributed by atoms with Gasteiger partial charge in [-0.3, -0.25) is 0 Å². The average molecular weight is 328 g/mol. The van der Waals surface area contributed by atoms with E-state index in [1.54, 1.807) is 7.11 Å². The standard InChI is InChI=1S/C15H22BrNO2/c1-17-8-3-6-15(18,7-9-17)11-12-10-13(19-2)4-5-14(12)16/h4-5,10,18H,3,6-9,11H2,1-2H3. The number of methoxy groups -OCH3 is 1. The fourth-order valence-electron chi connectivity index (χ4n) is 2.66. The largest absolute Gasteiger partial charge is 0.497 e. The molecule has 1 saturated heterocycles. The molecule has 1 aromatic rings. The van der Waals surface area contributed by atoms with Crippen molar-refractivity contribution in [1.82, 2.24) is 4.90 Å². The lowest BCUT2D eigenvalue weighted by Crippen LogP contribution is -2.32. The topological polar surface area (TPSA) is 32.7 Å². The molecule has 1 atom stereocenters. The van der Waals surface area contributed by atoms with Crippen molar-refractivity contribution < 1.29 is 9.84 Å².